The Labute approximate surface area is 130 Å². The van der Waals surface area contributed by atoms with Gasteiger partial charge in [-0.25, -0.2) is 0 Å². The minimum Gasteiger partial charge on any atom is -0.455 e. The van der Waals surface area contributed by atoms with E-state index < -0.39 is 0 Å². The molecule has 1 aromatic rings. The number of allylic oxidation sites excluding steroid dienone is 2. The average Bonchev–Trinajstić information content (AvgIpc) is 2.54. The third-order valence-electron chi connectivity index (χ3n) is 3.62. The van der Waals surface area contributed by atoms with Gasteiger partial charge < -0.3 is 15.0 Å². The number of nitrogens with zero attached hydrogens (tertiary/aromatic N) is 1. The van der Waals surface area contributed by atoms with Gasteiger partial charge in [0.25, 0.3) is 5.91 Å². The molecule has 0 aliphatic heterocycles. The van der Waals surface area contributed by atoms with Crippen molar-refractivity contribution in [2.75, 3.05) is 30.9 Å². The SMILES string of the molecule is CN(C)c1ccc(NC(=O)COC(=O)[C@@H]2CC=CCC2)cc1. The molecule has 2 rings (SSSR count). The van der Waals surface area contributed by atoms with Gasteiger partial charge in [0, 0.05) is 25.5 Å². The van der Waals surface area contributed by atoms with E-state index in [4.69, 9.17) is 4.74 Å². The Kier molecular flexibility index (Phi) is 5.58. The van der Waals surface area contributed by atoms with Crippen LogP contribution in [0.2, 0.25) is 0 Å². The molecule has 0 saturated carbocycles. The van der Waals surface area contributed by atoms with Crippen LogP contribution in [0.25, 0.3) is 0 Å². The minimum absolute atomic E-state index is 0.114. The molecule has 0 heterocycles. The Morgan fingerprint density at radius 2 is 1.95 bits per heavy atom. The molecule has 5 heteroatoms. The van der Waals surface area contributed by atoms with Gasteiger partial charge in [0.1, 0.15) is 0 Å². The van der Waals surface area contributed by atoms with E-state index in [1.54, 1.807) is 0 Å². The van der Waals surface area contributed by atoms with Crippen molar-refractivity contribution < 1.29 is 14.3 Å². The van der Waals surface area contributed by atoms with E-state index >= 15 is 0 Å². The molecular formula is C17H22N2O3. The summed E-state index contributed by atoms with van der Waals surface area (Å²) in [5.41, 5.74) is 1.74. The number of hydrogen-bond donors (Lipinski definition) is 1. The minimum atomic E-state index is -0.322. The van der Waals surface area contributed by atoms with Gasteiger partial charge in [-0.1, -0.05) is 12.2 Å². The number of anilines is 2. The van der Waals surface area contributed by atoms with E-state index in [-0.39, 0.29) is 24.4 Å². The van der Waals surface area contributed by atoms with E-state index in [0.717, 1.165) is 18.5 Å². The van der Waals surface area contributed by atoms with Gasteiger partial charge in [0.05, 0.1) is 5.92 Å². The van der Waals surface area contributed by atoms with Crippen molar-refractivity contribution in [3.8, 4) is 0 Å². The first kappa shape index (κ1) is 16.1. The van der Waals surface area contributed by atoms with Gasteiger partial charge in [-0.15, -0.1) is 0 Å². The second-order valence-electron chi connectivity index (χ2n) is 5.58. The first-order chi connectivity index (χ1) is 10.6. The van der Waals surface area contributed by atoms with Crippen LogP contribution in [-0.4, -0.2) is 32.6 Å². The lowest BCUT2D eigenvalue weighted by atomic mass is 9.95. The summed E-state index contributed by atoms with van der Waals surface area (Å²) in [5.74, 6) is -0.725. The van der Waals surface area contributed by atoms with E-state index in [1.165, 1.54) is 0 Å². The van der Waals surface area contributed by atoms with Gasteiger partial charge in [0.2, 0.25) is 0 Å². The number of hydrogen-bond acceptors (Lipinski definition) is 4. The zero-order valence-corrected chi connectivity index (χ0v) is 13.0. The molecule has 1 N–H and O–H groups in total. The number of amides is 1. The number of rotatable bonds is 5. The number of nitrogens with one attached hydrogen (secondary N) is 1. The Morgan fingerprint density at radius 1 is 1.23 bits per heavy atom. The monoisotopic (exact) mass is 302 g/mol. The number of benzene rings is 1. The Balaban J connectivity index is 1.77. The van der Waals surface area contributed by atoms with Crippen LogP contribution >= 0.6 is 0 Å². The number of ether oxygens (including phenoxy) is 1. The van der Waals surface area contributed by atoms with Crippen LogP contribution < -0.4 is 10.2 Å². The molecule has 0 aromatic heterocycles. The molecule has 1 amide bonds. The smallest absolute Gasteiger partial charge is 0.309 e. The zero-order valence-electron chi connectivity index (χ0n) is 13.0. The standard InChI is InChI=1S/C17H22N2O3/c1-19(2)15-10-8-14(9-11-15)18-16(20)12-22-17(21)13-6-4-3-5-7-13/h3-4,8-11,13H,5-7,12H2,1-2H3,(H,18,20)/t13-/m1/s1. The van der Waals surface area contributed by atoms with Crippen molar-refractivity contribution >= 4 is 23.3 Å². The first-order valence-electron chi connectivity index (χ1n) is 7.45. The van der Waals surface area contributed by atoms with Crippen LogP contribution in [0.4, 0.5) is 11.4 Å². The number of carbonyl (C=O) groups is 2. The van der Waals surface area contributed by atoms with Crippen molar-refractivity contribution in [1.29, 1.82) is 0 Å². The highest BCUT2D eigenvalue weighted by molar-refractivity contribution is 5.93. The van der Waals surface area contributed by atoms with Gasteiger partial charge in [0.15, 0.2) is 6.61 Å². The predicted octanol–water partition coefficient (Wildman–Crippen LogP) is 2.59. The maximum absolute atomic E-state index is 11.8. The number of esters is 1. The molecule has 22 heavy (non-hydrogen) atoms. The fourth-order valence-electron chi connectivity index (χ4n) is 2.30. The highest BCUT2D eigenvalue weighted by atomic mass is 16.5. The van der Waals surface area contributed by atoms with E-state index in [9.17, 15) is 9.59 Å². The van der Waals surface area contributed by atoms with Gasteiger partial charge in [-0.05, 0) is 43.5 Å². The lowest BCUT2D eigenvalue weighted by Crippen LogP contribution is -2.25. The quantitative estimate of drug-likeness (QED) is 0.671. The predicted molar refractivity (Wildman–Crippen MR) is 86.8 cm³/mol. The fourth-order valence-corrected chi connectivity index (χ4v) is 2.30. The van der Waals surface area contributed by atoms with Gasteiger partial charge in [-0.2, -0.15) is 0 Å². The Morgan fingerprint density at radius 3 is 2.55 bits per heavy atom. The van der Waals surface area contributed by atoms with E-state index in [1.807, 2.05) is 49.3 Å². The van der Waals surface area contributed by atoms with Crippen LogP contribution in [0.3, 0.4) is 0 Å². The van der Waals surface area contributed by atoms with Crippen LogP contribution in [0.5, 0.6) is 0 Å². The van der Waals surface area contributed by atoms with Crippen LogP contribution in [0.15, 0.2) is 36.4 Å². The van der Waals surface area contributed by atoms with E-state index in [0.29, 0.717) is 12.1 Å². The van der Waals surface area contributed by atoms with Gasteiger partial charge >= 0.3 is 5.97 Å². The average molecular weight is 302 g/mol. The van der Waals surface area contributed by atoms with Crippen molar-refractivity contribution in [3.05, 3.63) is 36.4 Å². The summed E-state index contributed by atoms with van der Waals surface area (Å²) in [6.45, 7) is -0.242. The molecule has 0 unspecified atom stereocenters. The second kappa shape index (κ2) is 7.64. The van der Waals surface area contributed by atoms with Crippen LogP contribution in [-0.2, 0) is 14.3 Å². The summed E-state index contributed by atoms with van der Waals surface area (Å²) in [6, 6.07) is 7.47. The Hall–Kier alpha value is -2.30. The molecule has 0 fully saturated rings. The van der Waals surface area contributed by atoms with Crippen molar-refractivity contribution in [1.82, 2.24) is 0 Å². The summed E-state index contributed by atoms with van der Waals surface area (Å²) in [7, 11) is 3.90. The molecule has 0 radical (unpaired) electrons. The highest BCUT2D eigenvalue weighted by Crippen LogP contribution is 2.19. The summed E-state index contributed by atoms with van der Waals surface area (Å²) in [6.07, 6.45) is 6.44. The molecular weight excluding hydrogens is 280 g/mol. The molecule has 1 atom stereocenters. The third-order valence-corrected chi connectivity index (χ3v) is 3.62. The fraction of sp³-hybridized carbons (Fsp3) is 0.412. The highest BCUT2D eigenvalue weighted by Gasteiger charge is 2.20. The van der Waals surface area contributed by atoms with Crippen LogP contribution in [0.1, 0.15) is 19.3 Å². The summed E-state index contributed by atoms with van der Waals surface area (Å²) in [5, 5.41) is 2.72. The summed E-state index contributed by atoms with van der Waals surface area (Å²) in [4.78, 5) is 25.6. The van der Waals surface area contributed by atoms with Crippen molar-refractivity contribution in [2.45, 2.75) is 19.3 Å². The van der Waals surface area contributed by atoms with Crippen LogP contribution in [0, 0.1) is 5.92 Å². The Bertz CT molecular complexity index is 550. The largest absolute Gasteiger partial charge is 0.455 e. The van der Waals surface area contributed by atoms with E-state index in [2.05, 4.69) is 11.4 Å². The topological polar surface area (TPSA) is 58.6 Å². The normalized spacial score (nSPS) is 16.9. The second-order valence-corrected chi connectivity index (χ2v) is 5.58. The summed E-state index contributed by atoms with van der Waals surface area (Å²) < 4.78 is 5.08. The molecule has 5 nitrogen and oxygen atoms in total. The molecule has 1 aliphatic rings. The molecule has 1 aliphatic carbocycles. The lowest BCUT2D eigenvalue weighted by Gasteiger charge is -2.16. The van der Waals surface area contributed by atoms with Crippen molar-refractivity contribution in [2.24, 2.45) is 5.92 Å². The molecule has 0 spiro atoms. The summed E-state index contributed by atoms with van der Waals surface area (Å²) >= 11 is 0. The van der Waals surface area contributed by atoms with Gasteiger partial charge in [-0.3, -0.25) is 9.59 Å². The molecule has 1 aromatic carbocycles. The number of carbonyl (C=O) groups excluding carboxylic acids is 2. The van der Waals surface area contributed by atoms with Crippen molar-refractivity contribution in [3.63, 3.8) is 0 Å². The maximum atomic E-state index is 11.8. The lowest BCUT2D eigenvalue weighted by molar-refractivity contribution is -0.151. The molecule has 118 valence electrons. The first-order valence-corrected chi connectivity index (χ1v) is 7.45. The third kappa shape index (κ3) is 4.62. The maximum Gasteiger partial charge on any atom is 0.309 e. The molecule has 0 saturated heterocycles. The zero-order chi connectivity index (χ0) is 15.9. The molecule has 0 bridgehead atoms.